The topological polar surface area (TPSA) is 65.0 Å². The molecule has 6 heteroatoms. The molecule has 2 aliphatic rings. The maximum Gasteiger partial charge on any atom is 0.306 e. The van der Waals surface area contributed by atoms with Gasteiger partial charge in [-0.25, -0.2) is 4.39 Å². The van der Waals surface area contributed by atoms with Crippen molar-refractivity contribution < 1.29 is 28.5 Å². The third-order valence-corrected chi connectivity index (χ3v) is 6.85. The zero-order valence-corrected chi connectivity index (χ0v) is 19.5. The highest BCUT2D eigenvalue weighted by molar-refractivity contribution is 5.76. The molecule has 0 spiro atoms. The smallest absolute Gasteiger partial charge is 0.306 e. The normalized spacial score (nSPS) is 18.2. The lowest BCUT2D eigenvalue weighted by molar-refractivity contribution is -0.141. The van der Waals surface area contributed by atoms with Gasteiger partial charge in [-0.05, 0) is 78.8 Å². The summed E-state index contributed by atoms with van der Waals surface area (Å²) in [6, 6.07) is 12.4. The number of aryl methyl sites for hydroxylation is 2. The molecule has 0 saturated heterocycles. The molecular formula is C28H27FO5. The predicted molar refractivity (Wildman–Crippen MR) is 126 cm³/mol. The van der Waals surface area contributed by atoms with Crippen LogP contribution in [-0.2, 0) is 16.0 Å². The molecule has 2 atom stereocenters. The first kappa shape index (κ1) is 22.3. The second kappa shape index (κ2) is 8.67. The fraction of sp³-hybridized carbons (Fsp3) is 0.321. The number of benzene rings is 3. The molecule has 3 aromatic rings. The lowest BCUT2D eigenvalue weighted by Gasteiger charge is -2.18. The van der Waals surface area contributed by atoms with Crippen LogP contribution in [0.25, 0.3) is 11.1 Å². The van der Waals surface area contributed by atoms with E-state index >= 15 is 4.39 Å². The summed E-state index contributed by atoms with van der Waals surface area (Å²) >= 11 is 0. The number of ether oxygens (including phenoxy) is 3. The summed E-state index contributed by atoms with van der Waals surface area (Å²) in [4.78, 5) is 11.7. The lowest BCUT2D eigenvalue weighted by Crippen LogP contribution is -2.09. The molecule has 0 radical (unpaired) electrons. The van der Waals surface area contributed by atoms with Crippen LogP contribution in [0.5, 0.6) is 17.2 Å². The Kier molecular flexibility index (Phi) is 5.68. The first-order chi connectivity index (χ1) is 16.4. The van der Waals surface area contributed by atoms with Gasteiger partial charge in [0.15, 0.2) is 0 Å². The van der Waals surface area contributed by atoms with E-state index in [1.807, 2.05) is 38.1 Å². The molecule has 0 saturated carbocycles. The van der Waals surface area contributed by atoms with Crippen LogP contribution >= 0.6 is 0 Å². The molecule has 5 rings (SSSR count). The fourth-order valence-corrected chi connectivity index (χ4v) is 5.34. The number of phenols is 1. The maximum atomic E-state index is 15.0. The van der Waals surface area contributed by atoms with Crippen molar-refractivity contribution in [1.82, 2.24) is 0 Å². The summed E-state index contributed by atoms with van der Waals surface area (Å²) in [6.45, 7) is 4.33. The maximum absolute atomic E-state index is 15.0. The molecule has 1 N–H and O–H groups in total. The van der Waals surface area contributed by atoms with Crippen LogP contribution < -0.4 is 9.47 Å². The van der Waals surface area contributed by atoms with Gasteiger partial charge < -0.3 is 19.3 Å². The largest absolute Gasteiger partial charge is 0.508 e. The quantitative estimate of drug-likeness (QED) is 0.477. The van der Waals surface area contributed by atoms with Crippen molar-refractivity contribution in [1.29, 1.82) is 0 Å². The second-order valence-corrected chi connectivity index (χ2v) is 9.07. The number of esters is 1. The summed E-state index contributed by atoms with van der Waals surface area (Å²) in [5.41, 5.74) is 6.42. The second-order valence-electron chi connectivity index (χ2n) is 9.07. The molecule has 0 amide bonds. The molecule has 2 unspecified atom stereocenters. The van der Waals surface area contributed by atoms with Gasteiger partial charge >= 0.3 is 5.97 Å². The Morgan fingerprint density at radius 3 is 2.65 bits per heavy atom. The van der Waals surface area contributed by atoms with E-state index < -0.39 is 6.10 Å². The summed E-state index contributed by atoms with van der Waals surface area (Å²) in [7, 11) is 1.38. The Hall–Kier alpha value is -3.54. The van der Waals surface area contributed by atoms with Gasteiger partial charge in [-0.2, -0.15) is 0 Å². The van der Waals surface area contributed by atoms with Crippen molar-refractivity contribution in [3.63, 3.8) is 0 Å². The van der Waals surface area contributed by atoms with E-state index in [2.05, 4.69) is 0 Å². The molecule has 3 aromatic carbocycles. The molecule has 0 aromatic heterocycles. The number of hydrogen-bond donors (Lipinski definition) is 1. The average molecular weight is 463 g/mol. The van der Waals surface area contributed by atoms with Crippen molar-refractivity contribution in [3.05, 3.63) is 76.1 Å². The number of aromatic hydroxyl groups is 1. The number of methoxy groups -OCH3 is 1. The van der Waals surface area contributed by atoms with E-state index in [1.54, 1.807) is 12.1 Å². The van der Waals surface area contributed by atoms with Gasteiger partial charge in [-0.3, -0.25) is 4.79 Å². The van der Waals surface area contributed by atoms with Gasteiger partial charge in [0.25, 0.3) is 0 Å². The minimum atomic E-state index is -0.405. The predicted octanol–water partition coefficient (Wildman–Crippen LogP) is 5.92. The van der Waals surface area contributed by atoms with Crippen molar-refractivity contribution in [2.24, 2.45) is 0 Å². The van der Waals surface area contributed by atoms with Crippen LogP contribution in [0.2, 0.25) is 0 Å². The first-order valence-corrected chi connectivity index (χ1v) is 11.5. The molecule has 1 aliphatic heterocycles. The van der Waals surface area contributed by atoms with Gasteiger partial charge in [0.05, 0.1) is 20.1 Å². The molecule has 0 bridgehead atoms. The minimum Gasteiger partial charge on any atom is -0.508 e. The molecule has 5 nitrogen and oxygen atoms in total. The highest BCUT2D eigenvalue weighted by Gasteiger charge is 2.32. The third kappa shape index (κ3) is 3.87. The molecule has 1 heterocycles. The van der Waals surface area contributed by atoms with Crippen molar-refractivity contribution >= 4 is 5.97 Å². The zero-order valence-electron chi connectivity index (χ0n) is 19.5. The van der Waals surface area contributed by atoms with Gasteiger partial charge in [-0.15, -0.1) is 0 Å². The number of carbonyl (C=O) groups is 1. The standard InChI is InChI=1S/C28H27FO5/c1-15-10-18(30)11-16(2)27(15)21-6-8-23(29)28-22(21)7-9-24(28)34-19-4-5-20-17(12-26(31)32-3)14-33-25(20)13-19/h4-6,8,10-11,13,17,24,30H,7,9,12,14H2,1-3H3. The monoisotopic (exact) mass is 462 g/mol. The number of carbonyl (C=O) groups excluding carboxylic acids is 1. The number of phenolic OH excluding ortho intramolecular Hbond substituents is 1. The number of halogens is 1. The third-order valence-electron chi connectivity index (χ3n) is 6.85. The summed E-state index contributed by atoms with van der Waals surface area (Å²) in [5.74, 6) is 0.943. The molecule has 176 valence electrons. The lowest BCUT2D eigenvalue weighted by atomic mass is 9.90. The van der Waals surface area contributed by atoms with E-state index in [0.717, 1.165) is 33.4 Å². The van der Waals surface area contributed by atoms with E-state index in [4.69, 9.17) is 14.2 Å². The Bertz CT molecular complexity index is 1260. The van der Waals surface area contributed by atoms with Crippen molar-refractivity contribution in [2.75, 3.05) is 13.7 Å². The first-order valence-electron chi connectivity index (χ1n) is 11.5. The summed E-state index contributed by atoms with van der Waals surface area (Å²) in [5, 5.41) is 9.93. The summed E-state index contributed by atoms with van der Waals surface area (Å²) < 4.78 is 31.9. The van der Waals surface area contributed by atoms with Crippen molar-refractivity contribution in [3.8, 4) is 28.4 Å². The number of rotatable bonds is 5. The highest BCUT2D eigenvalue weighted by Crippen LogP contribution is 2.45. The van der Waals surface area contributed by atoms with Crippen LogP contribution in [0.1, 0.15) is 52.7 Å². The van der Waals surface area contributed by atoms with E-state index in [0.29, 0.717) is 36.5 Å². The van der Waals surface area contributed by atoms with Crippen LogP contribution in [0.4, 0.5) is 4.39 Å². The zero-order chi connectivity index (χ0) is 24.0. The van der Waals surface area contributed by atoms with Crippen LogP contribution in [0, 0.1) is 19.7 Å². The molecule has 1 aliphatic carbocycles. The average Bonchev–Trinajstić information content (AvgIpc) is 3.39. The van der Waals surface area contributed by atoms with Gasteiger partial charge in [-0.1, -0.05) is 12.1 Å². The minimum absolute atomic E-state index is 0.0412. The van der Waals surface area contributed by atoms with E-state index in [1.165, 1.54) is 13.2 Å². The van der Waals surface area contributed by atoms with Gasteiger partial charge in [0.1, 0.15) is 29.2 Å². The Morgan fingerprint density at radius 1 is 1.15 bits per heavy atom. The number of fused-ring (bicyclic) bond motifs is 2. The number of hydrogen-bond acceptors (Lipinski definition) is 5. The Morgan fingerprint density at radius 2 is 1.91 bits per heavy atom. The van der Waals surface area contributed by atoms with Gasteiger partial charge in [0.2, 0.25) is 0 Å². The molecule has 34 heavy (non-hydrogen) atoms. The Labute approximate surface area is 198 Å². The van der Waals surface area contributed by atoms with Crippen molar-refractivity contribution in [2.45, 2.75) is 45.1 Å². The van der Waals surface area contributed by atoms with Crippen LogP contribution in [-0.4, -0.2) is 24.8 Å². The highest BCUT2D eigenvalue weighted by atomic mass is 19.1. The Balaban J connectivity index is 1.43. The summed E-state index contributed by atoms with van der Waals surface area (Å²) in [6.07, 6.45) is 1.24. The van der Waals surface area contributed by atoms with Gasteiger partial charge in [0, 0.05) is 23.1 Å². The van der Waals surface area contributed by atoms with E-state index in [9.17, 15) is 9.90 Å². The molecule has 0 fully saturated rings. The fourth-order valence-electron chi connectivity index (χ4n) is 5.34. The van der Waals surface area contributed by atoms with Crippen LogP contribution in [0.15, 0.2) is 42.5 Å². The van der Waals surface area contributed by atoms with Crippen LogP contribution in [0.3, 0.4) is 0 Å². The SMILES string of the molecule is COC(=O)CC1COc2cc(OC3CCc4c(-c5c(C)cc(O)cc5C)ccc(F)c43)ccc21. The van der Waals surface area contributed by atoms with E-state index in [-0.39, 0.29) is 29.9 Å². The molecular weight excluding hydrogens is 435 g/mol.